The number of esters is 1. The molecule has 0 saturated carbocycles. The Balaban J connectivity index is 1.09. The lowest BCUT2D eigenvalue weighted by atomic mass is 10.1. The molecule has 0 heterocycles. The van der Waals surface area contributed by atoms with Gasteiger partial charge >= 0.3 is 5.97 Å². The van der Waals surface area contributed by atoms with E-state index < -0.39 is 0 Å². The van der Waals surface area contributed by atoms with Crippen molar-refractivity contribution in [2.45, 2.75) is 70.8 Å². The summed E-state index contributed by atoms with van der Waals surface area (Å²) in [5.74, 6) is 1.61. The topological polar surface area (TPSA) is 48.0 Å². The van der Waals surface area contributed by atoms with Crippen molar-refractivity contribution in [3.05, 3.63) is 90.0 Å². The molecular weight excluding hydrogens is 486 g/mol. The van der Waals surface area contributed by atoms with Crippen LogP contribution in [0.5, 0.6) is 11.5 Å². The molecule has 0 aliphatic heterocycles. The molecule has 210 valence electrons. The fourth-order valence-corrected chi connectivity index (χ4v) is 4.32. The highest BCUT2D eigenvalue weighted by Crippen LogP contribution is 2.19. The van der Waals surface area contributed by atoms with Crippen LogP contribution in [0.25, 0.3) is 0 Å². The van der Waals surface area contributed by atoms with E-state index in [9.17, 15) is 4.79 Å². The Kier molecular flexibility index (Phi) is 13.8. The largest absolute Gasteiger partial charge is 0.494 e. The van der Waals surface area contributed by atoms with Crippen molar-refractivity contribution in [3.63, 3.8) is 0 Å². The Hall–Kier alpha value is -3.47. The molecule has 3 rings (SSSR count). The zero-order valence-corrected chi connectivity index (χ0v) is 23.8. The van der Waals surface area contributed by atoms with Gasteiger partial charge in [0.1, 0.15) is 18.1 Å². The van der Waals surface area contributed by atoms with E-state index in [0.29, 0.717) is 19.6 Å². The van der Waals surface area contributed by atoms with Crippen molar-refractivity contribution in [1.82, 2.24) is 0 Å². The molecule has 0 saturated heterocycles. The van der Waals surface area contributed by atoms with Gasteiger partial charge in [-0.3, -0.25) is 4.79 Å². The van der Waals surface area contributed by atoms with E-state index >= 15 is 0 Å². The summed E-state index contributed by atoms with van der Waals surface area (Å²) in [5, 5.41) is 0. The molecule has 0 radical (unpaired) electrons. The molecule has 0 aliphatic carbocycles. The molecule has 0 aromatic heterocycles. The van der Waals surface area contributed by atoms with Crippen LogP contribution in [0.2, 0.25) is 0 Å². The van der Waals surface area contributed by atoms with Gasteiger partial charge < -0.3 is 19.1 Å². The van der Waals surface area contributed by atoms with Gasteiger partial charge in [-0.05, 0) is 60.4 Å². The first-order chi connectivity index (χ1) is 19.1. The third kappa shape index (κ3) is 12.8. The van der Waals surface area contributed by atoms with Crippen molar-refractivity contribution in [2.24, 2.45) is 0 Å². The van der Waals surface area contributed by atoms with Gasteiger partial charge in [0.05, 0.1) is 19.6 Å². The first kappa shape index (κ1) is 30.1. The average Bonchev–Trinajstić information content (AvgIpc) is 2.96. The summed E-state index contributed by atoms with van der Waals surface area (Å²) < 4.78 is 17.1. The molecule has 5 heteroatoms. The average molecular weight is 532 g/mol. The lowest BCUT2D eigenvalue weighted by Gasteiger charge is -2.12. The van der Waals surface area contributed by atoms with Crippen LogP contribution in [0.3, 0.4) is 0 Å². The van der Waals surface area contributed by atoms with Gasteiger partial charge in [0.25, 0.3) is 0 Å². The van der Waals surface area contributed by atoms with E-state index in [1.165, 1.54) is 38.5 Å². The first-order valence-corrected chi connectivity index (χ1v) is 14.4. The van der Waals surface area contributed by atoms with Gasteiger partial charge in [-0.15, -0.1) is 0 Å². The number of benzene rings is 3. The van der Waals surface area contributed by atoms with Gasteiger partial charge in [-0.25, -0.2) is 0 Å². The highest BCUT2D eigenvalue weighted by molar-refractivity contribution is 5.72. The predicted octanol–water partition coefficient (Wildman–Crippen LogP) is 8.01. The van der Waals surface area contributed by atoms with Crippen molar-refractivity contribution in [3.8, 4) is 11.5 Å². The number of hydrogen-bond donors (Lipinski definition) is 0. The van der Waals surface area contributed by atoms with Crippen molar-refractivity contribution < 1.29 is 19.0 Å². The van der Waals surface area contributed by atoms with Gasteiger partial charge in [-0.1, -0.05) is 87.4 Å². The highest BCUT2D eigenvalue weighted by Gasteiger charge is 2.05. The zero-order chi connectivity index (χ0) is 27.5. The third-order valence-electron chi connectivity index (χ3n) is 6.69. The van der Waals surface area contributed by atoms with Gasteiger partial charge in [0.2, 0.25) is 0 Å². The molecule has 3 aromatic rings. The van der Waals surface area contributed by atoms with E-state index in [1.807, 2.05) is 85.7 Å². The first-order valence-electron chi connectivity index (χ1n) is 14.4. The monoisotopic (exact) mass is 531 g/mol. The lowest BCUT2D eigenvalue weighted by molar-refractivity contribution is -0.142. The second-order valence-corrected chi connectivity index (χ2v) is 10.2. The number of unbranched alkanes of at least 4 members (excludes halogenated alkanes) is 8. The quantitative estimate of drug-likeness (QED) is 0.116. The van der Waals surface area contributed by atoms with Crippen molar-refractivity contribution >= 4 is 11.7 Å². The second kappa shape index (κ2) is 17.9. The van der Waals surface area contributed by atoms with Crippen LogP contribution in [-0.2, 0) is 22.6 Å². The minimum absolute atomic E-state index is 0.138. The van der Waals surface area contributed by atoms with E-state index in [0.717, 1.165) is 54.2 Å². The number of rotatable bonds is 19. The molecule has 5 nitrogen and oxygen atoms in total. The molecular formula is C34H45NO4. The smallest absolute Gasteiger partial charge is 0.310 e. The maximum Gasteiger partial charge on any atom is 0.310 e. The summed E-state index contributed by atoms with van der Waals surface area (Å²) >= 11 is 0. The van der Waals surface area contributed by atoms with Crippen LogP contribution < -0.4 is 14.4 Å². The lowest BCUT2D eigenvalue weighted by Crippen LogP contribution is -2.10. The zero-order valence-electron chi connectivity index (χ0n) is 23.8. The van der Waals surface area contributed by atoms with Crippen LogP contribution in [0, 0.1) is 0 Å². The molecule has 0 unspecified atom stereocenters. The Bertz CT molecular complexity index is 1050. The van der Waals surface area contributed by atoms with Crippen LogP contribution >= 0.6 is 0 Å². The Morgan fingerprint density at radius 2 is 1.13 bits per heavy atom. The fraction of sp³-hybridized carbons (Fsp3) is 0.441. The molecule has 39 heavy (non-hydrogen) atoms. The fourth-order valence-electron chi connectivity index (χ4n) is 4.32. The minimum Gasteiger partial charge on any atom is -0.494 e. The maximum absolute atomic E-state index is 12.0. The molecule has 0 amide bonds. The van der Waals surface area contributed by atoms with Crippen LogP contribution in [0.15, 0.2) is 78.9 Å². The molecule has 0 fully saturated rings. The number of hydrogen-bond acceptors (Lipinski definition) is 5. The van der Waals surface area contributed by atoms with E-state index in [2.05, 4.69) is 12.1 Å². The molecule has 3 aromatic carbocycles. The van der Waals surface area contributed by atoms with Gasteiger partial charge in [-0.2, -0.15) is 0 Å². The Morgan fingerprint density at radius 3 is 1.72 bits per heavy atom. The SMILES string of the molecule is CN(C)c1ccc(CC(=O)OCCCCCCCCCCCOc2ccc(OCc3ccccc3)cc2)cc1. The molecule has 0 N–H and O–H groups in total. The maximum atomic E-state index is 12.0. The highest BCUT2D eigenvalue weighted by atomic mass is 16.5. The normalized spacial score (nSPS) is 10.7. The number of carbonyl (C=O) groups is 1. The number of anilines is 1. The summed E-state index contributed by atoms with van der Waals surface area (Å²) in [7, 11) is 4.01. The predicted molar refractivity (Wildman–Crippen MR) is 160 cm³/mol. The minimum atomic E-state index is -0.138. The second-order valence-electron chi connectivity index (χ2n) is 10.2. The Morgan fingerprint density at radius 1 is 0.590 bits per heavy atom. The van der Waals surface area contributed by atoms with Crippen LogP contribution in [-0.4, -0.2) is 33.3 Å². The van der Waals surface area contributed by atoms with Crippen molar-refractivity contribution in [2.75, 3.05) is 32.2 Å². The molecule has 0 bridgehead atoms. The van der Waals surface area contributed by atoms with Crippen molar-refractivity contribution in [1.29, 1.82) is 0 Å². The van der Waals surface area contributed by atoms with E-state index in [4.69, 9.17) is 14.2 Å². The van der Waals surface area contributed by atoms with Crippen LogP contribution in [0.1, 0.15) is 68.9 Å². The number of carbonyl (C=O) groups excluding carboxylic acids is 1. The number of ether oxygens (including phenoxy) is 3. The third-order valence-corrected chi connectivity index (χ3v) is 6.69. The van der Waals surface area contributed by atoms with Crippen LogP contribution in [0.4, 0.5) is 5.69 Å². The van der Waals surface area contributed by atoms with Gasteiger partial charge in [0, 0.05) is 19.8 Å². The summed E-state index contributed by atoms with van der Waals surface area (Å²) in [6.45, 7) is 1.85. The summed E-state index contributed by atoms with van der Waals surface area (Å²) in [5.41, 5.74) is 3.29. The van der Waals surface area contributed by atoms with E-state index in [1.54, 1.807) is 0 Å². The summed E-state index contributed by atoms with van der Waals surface area (Å²) in [4.78, 5) is 14.1. The number of nitrogens with zero attached hydrogens (tertiary/aromatic N) is 1. The standard InChI is InChI=1S/C34H45NO4/c1-35(2)31-19-17-29(18-20-31)27-34(36)38-26-14-9-7-5-3-4-6-8-13-25-37-32-21-23-33(24-22-32)39-28-30-15-11-10-12-16-30/h10-12,15-24H,3-9,13-14,25-28H2,1-2H3. The molecule has 0 aliphatic rings. The Labute approximate surface area is 235 Å². The summed E-state index contributed by atoms with van der Waals surface area (Å²) in [6.07, 6.45) is 10.9. The molecule has 0 spiro atoms. The van der Waals surface area contributed by atoms with E-state index in [-0.39, 0.29) is 5.97 Å². The summed E-state index contributed by atoms with van der Waals surface area (Å²) in [6, 6.07) is 26.1. The van der Waals surface area contributed by atoms with Gasteiger partial charge in [0.15, 0.2) is 0 Å². The molecule has 0 atom stereocenters.